The first-order valence-corrected chi connectivity index (χ1v) is 11.0. The zero-order chi connectivity index (χ0) is 24.5. The Morgan fingerprint density at radius 3 is 2.42 bits per heavy atom. The number of aliphatic carboxylic acids is 1. The Hall–Kier alpha value is -2.90. The van der Waals surface area contributed by atoms with Gasteiger partial charge in [0.05, 0.1) is 18.6 Å². The number of aliphatic hydroxyl groups is 2. The number of fused-ring (bicyclic) bond motifs is 1. The van der Waals surface area contributed by atoms with Crippen molar-refractivity contribution in [2.24, 2.45) is 0 Å². The van der Waals surface area contributed by atoms with E-state index in [0.717, 1.165) is 11.1 Å². The topological polar surface area (TPSA) is 107 Å². The van der Waals surface area contributed by atoms with Crippen molar-refractivity contribution in [3.8, 4) is 22.6 Å². The summed E-state index contributed by atoms with van der Waals surface area (Å²) in [5.41, 5.74) is 3.05. The molecule has 0 amide bonds. The molecule has 1 aliphatic rings. The molecule has 1 heterocycles. The van der Waals surface area contributed by atoms with Crippen LogP contribution in [0.3, 0.4) is 0 Å². The van der Waals surface area contributed by atoms with Crippen LogP contribution < -0.4 is 4.74 Å². The molecule has 0 aromatic heterocycles. The number of phenols is 1. The number of ether oxygens (including phenoxy) is 1. The van der Waals surface area contributed by atoms with E-state index in [2.05, 4.69) is 0 Å². The van der Waals surface area contributed by atoms with Gasteiger partial charge in [0.25, 0.3) is 0 Å². The average Bonchev–Trinajstić information content (AvgIpc) is 3.01. The fourth-order valence-corrected chi connectivity index (χ4v) is 4.42. The highest BCUT2D eigenvalue weighted by molar-refractivity contribution is 5.86. The number of carboxylic acid groups (broad SMARTS) is 1. The molecule has 0 saturated carbocycles. The third-order valence-electron chi connectivity index (χ3n) is 5.71. The van der Waals surface area contributed by atoms with Crippen molar-refractivity contribution in [2.45, 2.75) is 70.7 Å². The van der Waals surface area contributed by atoms with Crippen LogP contribution in [-0.4, -0.2) is 44.2 Å². The molecule has 2 aromatic rings. The molecule has 7 heteroatoms. The Balaban J connectivity index is 2.15. The number of carboxylic acids is 1. The van der Waals surface area contributed by atoms with E-state index in [1.807, 2.05) is 27.7 Å². The third-order valence-corrected chi connectivity index (χ3v) is 5.71. The van der Waals surface area contributed by atoms with Gasteiger partial charge in [0.1, 0.15) is 11.4 Å². The molecule has 33 heavy (non-hydrogen) atoms. The summed E-state index contributed by atoms with van der Waals surface area (Å²) in [6.07, 6.45) is 0.861. The van der Waals surface area contributed by atoms with E-state index in [-0.39, 0.29) is 18.1 Å². The lowest BCUT2D eigenvalue weighted by Crippen LogP contribution is -2.24. The van der Waals surface area contributed by atoms with Gasteiger partial charge < -0.3 is 25.2 Å². The minimum absolute atomic E-state index is 0.0467. The smallest absolute Gasteiger partial charge is 0.305 e. The van der Waals surface area contributed by atoms with Gasteiger partial charge in [-0.15, -0.1) is 0 Å². The van der Waals surface area contributed by atoms with Crippen molar-refractivity contribution in [1.29, 1.82) is 0 Å². The molecule has 0 fully saturated rings. The van der Waals surface area contributed by atoms with Crippen molar-refractivity contribution in [3.63, 3.8) is 0 Å². The SMILES string of the molecule is CC(C)c1c(C=CC(O)CC(O)CC(=O)O)c(-c2ccc(F)cc2)c(O)c2c1CC(C)(C)O2. The number of hydrogen-bond acceptors (Lipinski definition) is 5. The lowest BCUT2D eigenvalue weighted by atomic mass is 9.83. The van der Waals surface area contributed by atoms with Crippen LogP contribution in [0.2, 0.25) is 0 Å². The summed E-state index contributed by atoms with van der Waals surface area (Å²) in [6, 6.07) is 5.77. The molecule has 178 valence electrons. The van der Waals surface area contributed by atoms with E-state index >= 15 is 0 Å². The van der Waals surface area contributed by atoms with Crippen LogP contribution >= 0.6 is 0 Å². The maximum absolute atomic E-state index is 13.6. The fraction of sp³-hybridized carbons (Fsp3) is 0.423. The van der Waals surface area contributed by atoms with E-state index in [0.29, 0.717) is 28.9 Å². The summed E-state index contributed by atoms with van der Waals surface area (Å²) < 4.78 is 19.7. The Morgan fingerprint density at radius 2 is 1.85 bits per heavy atom. The lowest BCUT2D eigenvalue weighted by Gasteiger charge is -2.21. The molecule has 6 nitrogen and oxygen atoms in total. The molecule has 0 radical (unpaired) electrons. The van der Waals surface area contributed by atoms with Crippen molar-refractivity contribution in [1.82, 2.24) is 0 Å². The predicted molar refractivity (Wildman–Crippen MR) is 124 cm³/mol. The summed E-state index contributed by atoms with van der Waals surface area (Å²) >= 11 is 0. The molecule has 0 aliphatic carbocycles. The van der Waals surface area contributed by atoms with Crippen molar-refractivity contribution < 1.29 is 34.3 Å². The second-order valence-electron chi connectivity index (χ2n) is 9.47. The first-order chi connectivity index (χ1) is 15.4. The molecule has 2 atom stereocenters. The highest BCUT2D eigenvalue weighted by Gasteiger charge is 2.37. The van der Waals surface area contributed by atoms with Crippen LogP contribution in [0.15, 0.2) is 30.3 Å². The predicted octanol–water partition coefficient (Wildman–Crippen LogP) is 4.64. The number of hydrogen-bond donors (Lipinski definition) is 4. The third kappa shape index (κ3) is 5.54. The molecule has 0 saturated heterocycles. The summed E-state index contributed by atoms with van der Waals surface area (Å²) in [4.78, 5) is 10.8. The number of aromatic hydroxyl groups is 1. The maximum Gasteiger partial charge on any atom is 0.305 e. The van der Waals surface area contributed by atoms with Crippen molar-refractivity contribution in [3.05, 3.63) is 52.8 Å². The van der Waals surface area contributed by atoms with Crippen LogP contribution in [-0.2, 0) is 11.2 Å². The Kier molecular flexibility index (Phi) is 7.14. The van der Waals surface area contributed by atoms with Gasteiger partial charge in [0, 0.05) is 24.0 Å². The molecular formula is C26H31FO6. The first-order valence-electron chi connectivity index (χ1n) is 11.0. The highest BCUT2D eigenvalue weighted by Crippen LogP contribution is 2.52. The summed E-state index contributed by atoms with van der Waals surface area (Å²) in [5.74, 6) is -1.14. The Bertz CT molecular complexity index is 1060. The largest absolute Gasteiger partial charge is 0.504 e. The molecule has 3 rings (SSSR count). The van der Waals surface area contributed by atoms with Crippen LogP contribution in [0.5, 0.6) is 11.5 Å². The van der Waals surface area contributed by atoms with Crippen LogP contribution in [0.1, 0.15) is 63.1 Å². The van der Waals surface area contributed by atoms with E-state index in [1.165, 1.54) is 18.2 Å². The van der Waals surface area contributed by atoms with Crippen LogP contribution in [0.4, 0.5) is 4.39 Å². The van der Waals surface area contributed by atoms with Gasteiger partial charge in [0.15, 0.2) is 11.5 Å². The number of aliphatic hydroxyl groups excluding tert-OH is 2. The van der Waals surface area contributed by atoms with Gasteiger partial charge in [0.2, 0.25) is 0 Å². The average molecular weight is 459 g/mol. The van der Waals surface area contributed by atoms with Gasteiger partial charge in [-0.25, -0.2) is 4.39 Å². The normalized spacial score (nSPS) is 16.6. The van der Waals surface area contributed by atoms with Crippen molar-refractivity contribution in [2.75, 3.05) is 0 Å². The quantitative estimate of drug-likeness (QED) is 0.459. The number of phenolic OH excluding ortho intramolecular Hbond substituents is 1. The second kappa shape index (κ2) is 9.53. The molecule has 0 bridgehead atoms. The van der Waals surface area contributed by atoms with Crippen molar-refractivity contribution >= 4 is 12.0 Å². The highest BCUT2D eigenvalue weighted by atomic mass is 19.1. The van der Waals surface area contributed by atoms with Gasteiger partial charge in [-0.1, -0.05) is 38.1 Å². The zero-order valence-corrected chi connectivity index (χ0v) is 19.3. The Labute approximate surface area is 193 Å². The van der Waals surface area contributed by atoms with Gasteiger partial charge in [-0.3, -0.25) is 4.79 Å². The monoisotopic (exact) mass is 458 g/mol. The summed E-state index contributed by atoms with van der Waals surface area (Å²) in [6.45, 7) is 7.93. The summed E-state index contributed by atoms with van der Waals surface area (Å²) in [5, 5.41) is 40.3. The molecule has 0 spiro atoms. The van der Waals surface area contributed by atoms with E-state index in [1.54, 1.807) is 18.2 Å². The van der Waals surface area contributed by atoms with Gasteiger partial charge in [-0.05, 0) is 48.6 Å². The van der Waals surface area contributed by atoms with Gasteiger partial charge in [-0.2, -0.15) is 0 Å². The Morgan fingerprint density at radius 1 is 1.21 bits per heavy atom. The standard InChI is InChI=1S/C26H31FO6/c1-14(2)22-19(10-9-17(28)11-18(29)12-21(30)31)23(15-5-7-16(27)8-6-15)24(32)25-20(22)13-26(3,4)33-25/h5-10,14,17-18,28-29,32H,11-13H2,1-4H3,(H,30,31). The van der Waals surface area contributed by atoms with Gasteiger partial charge >= 0.3 is 5.97 Å². The fourth-order valence-electron chi connectivity index (χ4n) is 4.42. The lowest BCUT2D eigenvalue weighted by molar-refractivity contribution is -0.139. The van der Waals surface area contributed by atoms with Crippen LogP contribution in [0.25, 0.3) is 17.2 Å². The second-order valence-corrected chi connectivity index (χ2v) is 9.47. The van der Waals surface area contributed by atoms with Crippen LogP contribution in [0, 0.1) is 5.82 Å². The molecule has 4 N–H and O–H groups in total. The minimum atomic E-state index is -1.19. The first kappa shape index (κ1) is 24.7. The molecule has 2 unspecified atom stereocenters. The maximum atomic E-state index is 13.6. The number of carbonyl (C=O) groups is 1. The number of halogens is 1. The minimum Gasteiger partial charge on any atom is -0.504 e. The zero-order valence-electron chi connectivity index (χ0n) is 19.3. The summed E-state index contributed by atoms with van der Waals surface area (Å²) in [7, 11) is 0. The van der Waals surface area contributed by atoms with E-state index in [4.69, 9.17) is 9.84 Å². The molecule has 1 aliphatic heterocycles. The number of benzene rings is 2. The molecular weight excluding hydrogens is 427 g/mol. The molecule has 2 aromatic carbocycles. The van der Waals surface area contributed by atoms with E-state index < -0.39 is 36.0 Å². The number of rotatable bonds is 8. The van der Waals surface area contributed by atoms with E-state index in [9.17, 15) is 24.5 Å².